The van der Waals surface area contributed by atoms with E-state index >= 15 is 0 Å². The average Bonchev–Trinajstić information content (AvgIpc) is 3.35. The predicted octanol–water partition coefficient (Wildman–Crippen LogP) is 4.35. The van der Waals surface area contributed by atoms with Crippen LogP contribution in [-0.4, -0.2) is 15.8 Å². The Labute approximate surface area is 132 Å². The molecule has 0 aromatic carbocycles. The molecule has 0 amide bonds. The Balaban J connectivity index is 1.62. The number of nitrogens with zero attached hydrogens (tertiary/aromatic N) is 2. The van der Waals surface area contributed by atoms with Gasteiger partial charge in [-0.2, -0.15) is 0 Å². The SMILES string of the molecule is O=C(c1nc(-c2ccco2)cs1)c1nc(-c2ccco2)cs1. The molecule has 0 saturated heterocycles. The first-order valence-electron chi connectivity index (χ1n) is 6.35. The summed E-state index contributed by atoms with van der Waals surface area (Å²) in [4.78, 5) is 21.1. The number of aromatic nitrogens is 2. The first kappa shape index (κ1) is 13.2. The van der Waals surface area contributed by atoms with E-state index in [4.69, 9.17) is 8.83 Å². The van der Waals surface area contributed by atoms with Crippen molar-refractivity contribution in [2.45, 2.75) is 0 Å². The molecule has 0 N–H and O–H groups in total. The average molecular weight is 328 g/mol. The van der Waals surface area contributed by atoms with Gasteiger partial charge >= 0.3 is 0 Å². The second-order valence-electron chi connectivity index (χ2n) is 4.36. The van der Waals surface area contributed by atoms with Crippen LogP contribution in [0.5, 0.6) is 0 Å². The maximum absolute atomic E-state index is 12.4. The number of hydrogen-bond acceptors (Lipinski definition) is 7. The van der Waals surface area contributed by atoms with Crippen LogP contribution >= 0.6 is 22.7 Å². The fourth-order valence-corrected chi connectivity index (χ4v) is 3.48. The van der Waals surface area contributed by atoms with Crippen molar-refractivity contribution in [3.63, 3.8) is 0 Å². The van der Waals surface area contributed by atoms with Crippen LogP contribution in [0.2, 0.25) is 0 Å². The van der Waals surface area contributed by atoms with E-state index in [0.29, 0.717) is 32.9 Å². The smallest absolute Gasteiger partial charge is 0.250 e. The number of hydrogen-bond donors (Lipinski definition) is 0. The second kappa shape index (κ2) is 5.36. The molecular formula is C15H8N2O3S2. The molecule has 0 aliphatic heterocycles. The summed E-state index contributed by atoms with van der Waals surface area (Å²) in [7, 11) is 0. The fraction of sp³-hybridized carbons (Fsp3) is 0. The Kier molecular flexibility index (Phi) is 3.21. The summed E-state index contributed by atoms with van der Waals surface area (Å²) >= 11 is 2.56. The van der Waals surface area contributed by atoms with E-state index in [1.165, 1.54) is 22.7 Å². The maximum atomic E-state index is 12.4. The molecule has 22 heavy (non-hydrogen) atoms. The molecule has 0 radical (unpaired) electrons. The van der Waals surface area contributed by atoms with Crippen LogP contribution in [0, 0.1) is 0 Å². The molecular weight excluding hydrogens is 320 g/mol. The van der Waals surface area contributed by atoms with Gasteiger partial charge in [0.1, 0.15) is 11.4 Å². The fourth-order valence-electron chi connectivity index (χ4n) is 1.92. The Morgan fingerprint density at radius 2 is 1.36 bits per heavy atom. The highest BCUT2D eigenvalue weighted by molar-refractivity contribution is 7.15. The third-order valence-electron chi connectivity index (χ3n) is 2.94. The van der Waals surface area contributed by atoms with Gasteiger partial charge in [-0.1, -0.05) is 0 Å². The van der Waals surface area contributed by atoms with E-state index in [1.807, 2.05) is 12.1 Å². The van der Waals surface area contributed by atoms with Crippen LogP contribution in [0.4, 0.5) is 0 Å². The van der Waals surface area contributed by atoms with Crippen molar-refractivity contribution < 1.29 is 13.6 Å². The summed E-state index contributed by atoms with van der Waals surface area (Å²) in [5.41, 5.74) is 1.31. The number of thiazole rings is 2. The lowest BCUT2D eigenvalue weighted by Crippen LogP contribution is -2.00. The zero-order valence-electron chi connectivity index (χ0n) is 11.1. The molecule has 4 heterocycles. The van der Waals surface area contributed by atoms with Crippen LogP contribution < -0.4 is 0 Å². The summed E-state index contributed by atoms with van der Waals surface area (Å²) in [5.74, 6) is 1.10. The summed E-state index contributed by atoms with van der Waals surface area (Å²) in [5, 5.41) is 4.39. The second-order valence-corrected chi connectivity index (χ2v) is 6.08. The normalized spacial score (nSPS) is 10.9. The Bertz CT molecular complexity index is 830. The standard InChI is InChI=1S/C15H8N2O3S2/c18-13(14-16-9(7-21-14)11-3-1-5-19-11)15-17-10(8-22-15)12-4-2-6-20-12/h1-8H. The summed E-state index contributed by atoms with van der Waals surface area (Å²) < 4.78 is 10.6. The molecule has 0 spiro atoms. The van der Waals surface area contributed by atoms with E-state index in [1.54, 1.807) is 35.4 Å². The van der Waals surface area contributed by atoms with Crippen molar-refractivity contribution in [1.82, 2.24) is 9.97 Å². The van der Waals surface area contributed by atoms with Crippen LogP contribution in [-0.2, 0) is 0 Å². The van der Waals surface area contributed by atoms with Crippen molar-refractivity contribution in [2.24, 2.45) is 0 Å². The molecule has 0 bridgehead atoms. The monoisotopic (exact) mass is 328 g/mol. The van der Waals surface area contributed by atoms with Gasteiger partial charge in [0.2, 0.25) is 5.78 Å². The van der Waals surface area contributed by atoms with E-state index in [-0.39, 0.29) is 5.78 Å². The lowest BCUT2D eigenvalue weighted by atomic mass is 10.3. The number of carbonyl (C=O) groups excluding carboxylic acids is 1. The minimum Gasteiger partial charge on any atom is -0.463 e. The largest absolute Gasteiger partial charge is 0.463 e. The molecule has 0 fully saturated rings. The highest BCUT2D eigenvalue weighted by Crippen LogP contribution is 2.27. The molecule has 0 saturated carbocycles. The van der Waals surface area contributed by atoms with Gasteiger partial charge in [-0.3, -0.25) is 4.79 Å². The third kappa shape index (κ3) is 2.30. The Morgan fingerprint density at radius 1 is 0.864 bits per heavy atom. The van der Waals surface area contributed by atoms with Gasteiger partial charge in [0.25, 0.3) is 0 Å². The molecule has 7 heteroatoms. The first-order valence-corrected chi connectivity index (χ1v) is 8.11. The van der Waals surface area contributed by atoms with Crippen LogP contribution in [0.25, 0.3) is 22.9 Å². The zero-order valence-corrected chi connectivity index (χ0v) is 12.7. The Morgan fingerprint density at radius 3 is 1.77 bits per heavy atom. The number of furan rings is 2. The zero-order chi connectivity index (χ0) is 14.9. The van der Waals surface area contributed by atoms with Gasteiger partial charge in [0, 0.05) is 10.8 Å². The summed E-state index contributed by atoms with van der Waals surface area (Å²) in [6, 6.07) is 7.18. The van der Waals surface area contributed by atoms with Gasteiger partial charge < -0.3 is 8.83 Å². The molecule has 4 aromatic heterocycles. The first-order chi connectivity index (χ1) is 10.8. The van der Waals surface area contributed by atoms with Gasteiger partial charge in [0.05, 0.1) is 12.5 Å². The van der Waals surface area contributed by atoms with Crippen molar-refractivity contribution in [3.8, 4) is 22.9 Å². The molecule has 0 atom stereocenters. The van der Waals surface area contributed by atoms with Gasteiger partial charge in [-0.15, -0.1) is 22.7 Å². The molecule has 0 aliphatic rings. The number of carbonyl (C=O) groups is 1. The molecule has 4 rings (SSSR count). The maximum Gasteiger partial charge on any atom is 0.250 e. The highest BCUT2D eigenvalue weighted by Gasteiger charge is 2.19. The molecule has 5 nitrogen and oxygen atoms in total. The van der Waals surface area contributed by atoms with Crippen molar-refractivity contribution in [2.75, 3.05) is 0 Å². The molecule has 0 aliphatic carbocycles. The van der Waals surface area contributed by atoms with Gasteiger partial charge in [-0.25, -0.2) is 9.97 Å². The number of ketones is 1. The molecule has 4 aromatic rings. The summed E-state index contributed by atoms with van der Waals surface area (Å²) in [6.07, 6.45) is 3.15. The lowest BCUT2D eigenvalue weighted by Gasteiger charge is -1.91. The lowest BCUT2D eigenvalue weighted by molar-refractivity contribution is 0.103. The molecule has 108 valence electrons. The van der Waals surface area contributed by atoms with Crippen molar-refractivity contribution in [1.29, 1.82) is 0 Å². The van der Waals surface area contributed by atoms with Crippen molar-refractivity contribution in [3.05, 3.63) is 57.6 Å². The van der Waals surface area contributed by atoms with E-state index in [2.05, 4.69) is 9.97 Å². The molecule has 0 unspecified atom stereocenters. The van der Waals surface area contributed by atoms with E-state index < -0.39 is 0 Å². The Hall–Kier alpha value is -2.51. The topological polar surface area (TPSA) is 69.1 Å². The third-order valence-corrected chi connectivity index (χ3v) is 4.63. The number of rotatable bonds is 4. The minimum absolute atomic E-state index is 0.189. The van der Waals surface area contributed by atoms with Crippen LogP contribution in [0.1, 0.15) is 14.8 Å². The van der Waals surface area contributed by atoms with Gasteiger partial charge in [0.15, 0.2) is 21.5 Å². The van der Waals surface area contributed by atoms with Crippen LogP contribution in [0.3, 0.4) is 0 Å². The predicted molar refractivity (Wildman–Crippen MR) is 83.1 cm³/mol. The van der Waals surface area contributed by atoms with Crippen LogP contribution in [0.15, 0.2) is 56.4 Å². The summed E-state index contributed by atoms with van der Waals surface area (Å²) in [6.45, 7) is 0. The highest BCUT2D eigenvalue weighted by atomic mass is 32.1. The van der Waals surface area contributed by atoms with Crippen molar-refractivity contribution >= 4 is 28.5 Å². The quantitative estimate of drug-likeness (QED) is 0.521. The van der Waals surface area contributed by atoms with E-state index in [9.17, 15) is 4.79 Å². The minimum atomic E-state index is -0.189. The van der Waals surface area contributed by atoms with Gasteiger partial charge in [-0.05, 0) is 24.3 Å². The van der Waals surface area contributed by atoms with E-state index in [0.717, 1.165) is 0 Å².